The molecule has 18 heavy (non-hydrogen) atoms. The van der Waals surface area contributed by atoms with Crippen molar-refractivity contribution in [2.45, 2.75) is 12.7 Å². The van der Waals surface area contributed by atoms with Gasteiger partial charge in [0.2, 0.25) is 0 Å². The van der Waals surface area contributed by atoms with Crippen molar-refractivity contribution < 1.29 is 12.6 Å². The summed E-state index contributed by atoms with van der Waals surface area (Å²) in [5.41, 5.74) is 1.59. The summed E-state index contributed by atoms with van der Waals surface area (Å²) in [7, 11) is -3.38. The van der Waals surface area contributed by atoms with Gasteiger partial charge in [0, 0.05) is 17.1 Å². The van der Waals surface area contributed by atoms with Gasteiger partial charge in [0.05, 0.1) is 12.9 Å². The van der Waals surface area contributed by atoms with E-state index >= 15 is 0 Å². The molecular weight excluding hydrogens is 319 g/mol. The van der Waals surface area contributed by atoms with E-state index in [2.05, 4.69) is 14.4 Å². The molecule has 0 aromatic carbocycles. The van der Waals surface area contributed by atoms with Gasteiger partial charge in [-0.1, -0.05) is 23.2 Å². The van der Waals surface area contributed by atoms with E-state index in [9.17, 15) is 8.42 Å². The molecule has 0 N–H and O–H groups in total. The zero-order valence-electron chi connectivity index (χ0n) is 9.81. The average molecular weight is 331 g/mol. The topological polar surface area (TPSA) is 69.2 Å². The lowest BCUT2D eigenvalue weighted by molar-refractivity contribution is 0.345. The van der Waals surface area contributed by atoms with Gasteiger partial charge in [-0.2, -0.15) is 20.2 Å². The Morgan fingerprint density at radius 3 is 2.50 bits per heavy atom. The molecule has 1 aromatic rings. The van der Waals surface area contributed by atoms with Crippen molar-refractivity contribution in [3.63, 3.8) is 0 Å². The van der Waals surface area contributed by atoms with Crippen LogP contribution in [0.25, 0.3) is 0 Å². The zero-order chi connectivity index (χ0) is 13.8. The standard InChI is InChI=1S/C9H12Cl2N2O3S2/c1-6-7(9(11)13-12-8(6)10)5-17-4-3-16-18(2,14)15/h3-5H2,1-2H3. The van der Waals surface area contributed by atoms with Crippen LogP contribution in [-0.4, -0.2) is 37.2 Å². The molecule has 1 heterocycles. The van der Waals surface area contributed by atoms with E-state index in [1.165, 1.54) is 11.8 Å². The molecule has 1 rings (SSSR count). The van der Waals surface area contributed by atoms with Gasteiger partial charge in [-0.15, -0.1) is 10.2 Å². The summed E-state index contributed by atoms with van der Waals surface area (Å²) in [6.45, 7) is 1.94. The lowest BCUT2D eigenvalue weighted by Crippen LogP contribution is -2.06. The van der Waals surface area contributed by atoms with E-state index in [4.69, 9.17) is 23.2 Å². The summed E-state index contributed by atoms with van der Waals surface area (Å²) < 4.78 is 26.1. The van der Waals surface area contributed by atoms with Crippen LogP contribution in [0, 0.1) is 6.92 Å². The molecule has 0 fully saturated rings. The van der Waals surface area contributed by atoms with Crippen molar-refractivity contribution in [1.82, 2.24) is 10.2 Å². The van der Waals surface area contributed by atoms with Crippen LogP contribution >= 0.6 is 35.0 Å². The van der Waals surface area contributed by atoms with Crippen LogP contribution in [0.3, 0.4) is 0 Å². The van der Waals surface area contributed by atoms with Crippen molar-refractivity contribution in [1.29, 1.82) is 0 Å². The van der Waals surface area contributed by atoms with Gasteiger partial charge >= 0.3 is 0 Å². The number of halogens is 2. The van der Waals surface area contributed by atoms with Crippen LogP contribution in [0.2, 0.25) is 10.3 Å². The molecule has 5 nitrogen and oxygen atoms in total. The fourth-order valence-corrected chi connectivity index (χ4v) is 2.96. The molecule has 0 aliphatic rings. The first kappa shape index (κ1) is 16.0. The van der Waals surface area contributed by atoms with Crippen LogP contribution in [-0.2, 0) is 20.1 Å². The Bertz CT molecular complexity index is 523. The maximum atomic E-state index is 10.7. The number of hydrogen-bond acceptors (Lipinski definition) is 6. The molecule has 1 aromatic heterocycles. The third-order valence-corrected chi connectivity index (χ3v) is 4.21. The normalized spacial score (nSPS) is 11.8. The van der Waals surface area contributed by atoms with Gasteiger partial charge in [-0.3, -0.25) is 4.18 Å². The first-order valence-electron chi connectivity index (χ1n) is 4.90. The highest BCUT2D eigenvalue weighted by Gasteiger charge is 2.10. The fraction of sp³-hybridized carbons (Fsp3) is 0.556. The molecule has 0 aliphatic heterocycles. The van der Waals surface area contributed by atoms with Crippen molar-refractivity contribution in [3.05, 3.63) is 21.4 Å². The van der Waals surface area contributed by atoms with E-state index in [1.807, 2.05) is 6.92 Å². The Morgan fingerprint density at radius 2 is 1.89 bits per heavy atom. The second-order valence-electron chi connectivity index (χ2n) is 3.46. The highest BCUT2D eigenvalue weighted by Crippen LogP contribution is 2.25. The predicted molar refractivity (Wildman–Crippen MR) is 73.7 cm³/mol. The smallest absolute Gasteiger partial charge is 0.264 e. The lowest BCUT2D eigenvalue weighted by atomic mass is 10.2. The number of hydrogen-bond donors (Lipinski definition) is 0. The minimum absolute atomic E-state index is 0.131. The molecule has 0 amide bonds. The summed E-state index contributed by atoms with van der Waals surface area (Å²) in [4.78, 5) is 0. The molecule has 0 atom stereocenters. The van der Waals surface area contributed by atoms with Gasteiger partial charge in [-0.25, -0.2) is 0 Å². The van der Waals surface area contributed by atoms with Gasteiger partial charge in [-0.05, 0) is 12.5 Å². The highest BCUT2D eigenvalue weighted by molar-refractivity contribution is 7.98. The van der Waals surface area contributed by atoms with Crippen LogP contribution in [0.5, 0.6) is 0 Å². The maximum Gasteiger partial charge on any atom is 0.264 e. The van der Waals surface area contributed by atoms with E-state index < -0.39 is 10.1 Å². The van der Waals surface area contributed by atoms with Crippen LogP contribution in [0.4, 0.5) is 0 Å². The summed E-state index contributed by atoms with van der Waals surface area (Å²) in [5, 5.41) is 8.04. The Kier molecular flexibility index (Phi) is 6.13. The second kappa shape index (κ2) is 6.91. The lowest BCUT2D eigenvalue weighted by Gasteiger charge is -2.07. The van der Waals surface area contributed by atoms with Crippen LogP contribution < -0.4 is 0 Å². The largest absolute Gasteiger partial charge is 0.269 e. The van der Waals surface area contributed by atoms with Crippen LogP contribution in [0.15, 0.2) is 0 Å². The predicted octanol–water partition coefficient (Wildman–Crippen LogP) is 2.30. The van der Waals surface area contributed by atoms with Crippen molar-refractivity contribution >= 4 is 45.1 Å². The van der Waals surface area contributed by atoms with Gasteiger partial charge in [0.1, 0.15) is 0 Å². The summed E-state index contributed by atoms with van der Waals surface area (Å²) >= 11 is 13.2. The molecule has 0 bridgehead atoms. The number of thioether (sulfide) groups is 1. The third kappa shape index (κ3) is 5.27. The van der Waals surface area contributed by atoms with Crippen molar-refractivity contribution in [2.24, 2.45) is 0 Å². The monoisotopic (exact) mass is 330 g/mol. The Balaban J connectivity index is 2.47. The molecule has 0 saturated carbocycles. The summed E-state index contributed by atoms with van der Waals surface area (Å²) in [6, 6.07) is 0. The van der Waals surface area contributed by atoms with Crippen molar-refractivity contribution in [2.75, 3.05) is 18.6 Å². The third-order valence-electron chi connectivity index (χ3n) is 2.01. The van der Waals surface area contributed by atoms with E-state index in [0.29, 0.717) is 21.8 Å². The Hall–Kier alpha value is -0.0800. The Labute approximate surface area is 120 Å². The molecule has 0 spiro atoms. The van der Waals surface area contributed by atoms with E-state index in [0.717, 1.165) is 17.4 Å². The molecule has 102 valence electrons. The molecule has 0 radical (unpaired) electrons. The maximum absolute atomic E-state index is 10.7. The number of rotatable bonds is 6. The molecule has 0 unspecified atom stereocenters. The SMILES string of the molecule is Cc1c(Cl)nnc(Cl)c1CSCCOS(C)(=O)=O. The summed E-state index contributed by atoms with van der Waals surface area (Å²) in [5.74, 6) is 1.11. The molecule has 0 aliphatic carbocycles. The minimum atomic E-state index is -3.38. The first-order chi connectivity index (χ1) is 8.31. The number of nitrogens with zero attached hydrogens (tertiary/aromatic N) is 2. The second-order valence-corrected chi connectivity index (χ2v) is 6.93. The quantitative estimate of drug-likeness (QED) is 0.588. The zero-order valence-corrected chi connectivity index (χ0v) is 13.0. The van der Waals surface area contributed by atoms with Gasteiger partial charge in [0.25, 0.3) is 10.1 Å². The minimum Gasteiger partial charge on any atom is -0.269 e. The fourth-order valence-electron chi connectivity index (χ4n) is 1.09. The highest BCUT2D eigenvalue weighted by atomic mass is 35.5. The first-order valence-corrected chi connectivity index (χ1v) is 8.63. The Morgan fingerprint density at radius 1 is 1.28 bits per heavy atom. The summed E-state index contributed by atoms with van der Waals surface area (Å²) in [6.07, 6.45) is 1.02. The van der Waals surface area contributed by atoms with Gasteiger partial charge < -0.3 is 0 Å². The van der Waals surface area contributed by atoms with E-state index in [-0.39, 0.29) is 6.61 Å². The van der Waals surface area contributed by atoms with Gasteiger partial charge in [0.15, 0.2) is 10.3 Å². The average Bonchev–Trinajstić information content (AvgIpc) is 2.26. The van der Waals surface area contributed by atoms with Crippen LogP contribution in [0.1, 0.15) is 11.1 Å². The molecular formula is C9H12Cl2N2O3S2. The molecule has 9 heteroatoms. The van der Waals surface area contributed by atoms with Crippen molar-refractivity contribution in [3.8, 4) is 0 Å². The number of aromatic nitrogens is 2. The van der Waals surface area contributed by atoms with E-state index in [1.54, 1.807) is 0 Å². The molecule has 0 saturated heterocycles.